The van der Waals surface area contributed by atoms with Crippen LogP contribution in [0, 0.1) is 0 Å². The molecule has 0 fully saturated rings. The Kier molecular flexibility index (Phi) is 2.84. The minimum atomic E-state index is -4.08. The van der Waals surface area contributed by atoms with Gasteiger partial charge in [0.25, 0.3) is 0 Å². The van der Waals surface area contributed by atoms with Gasteiger partial charge in [-0.15, -0.1) is 0 Å². The summed E-state index contributed by atoms with van der Waals surface area (Å²) in [4.78, 5) is 0. The predicted octanol–water partition coefficient (Wildman–Crippen LogP) is -0.678. The zero-order chi connectivity index (χ0) is 4.28. The molecule has 0 aliphatic carbocycles. The van der Waals surface area contributed by atoms with E-state index in [9.17, 15) is 0 Å². The molecule has 4 nitrogen and oxygen atoms in total. The SMILES string of the molecule is [O]=[Bi](=[O])[O]O. The summed E-state index contributed by atoms with van der Waals surface area (Å²) in [6.45, 7) is 0. The van der Waals surface area contributed by atoms with Crippen molar-refractivity contribution in [2.24, 2.45) is 0 Å². The van der Waals surface area contributed by atoms with Crippen LogP contribution in [0.25, 0.3) is 0 Å². The van der Waals surface area contributed by atoms with Crippen LogP contribution in [0.3, 0.4) is 0 Å². The van der Waals surface area contributed by atoms with Crippen molar-refractivity contribution in [1.29, 1.82) is 0 Å². The summed E-state index contributed by atoms with van der Waals surface area (Å²) in [5.74, 6) is 0. The molecule has 5 heavy (non-hydrogen) atoms. The third kappa shape index (κ3) is 4.40. The number of hydrogen-bond acceptors (Lipinski definition) is 4. The van der Waals surface area contributed by atoms with E-state index in [0.717, 1.165) is 0 Å². The molecular formula is HBiO4. The van der Waals surface area contributed by atoms with Crippen molar-refractivity contribution in [3.8, 4) is 0 Å². The fourth-order valence-corrected chi connectivity index (χ4v) is 0. The van der Waals surface area contributed by atoms with Gasteiger partial charge in [-0.25, -0.2) is 0 Å². The second kappa shape index (κ2) is 2.63. The van der Waals surface area contributed by atoms with Crippen molar-refractivity contribution in [2.75, 3.05) is 0 Å². The molecule has 0 bridgehead atoms. The van der Waals surface area contributed by atoms with Crippen molar-refractivity contribution in [3.63, 3.8) is 0 Å². The quantitative estimate of drug-likeness (QED) is 0.391. The molecule has 0 aliphatic heterocycles. The van der Waals surface area contributed by atoms with Crippen LogP contribution in [0.2, 0.25) is 0 Å². The molecule has 5 heteroatoms. The van der Waals surface area contributed by atoms with Gasteiger partial charge in [0.05, 0.1) is 0 Å². The maximum absolute atomic E-state index is 9.07. The van der Waals surface area contributed by atoms with Crippen LogP contribution in [-0.4, -0.2) is 27.5 Å². The van der Waals surface area contributed by atoms with Crippen LogP contribution in [0.15, 0.2) is 0 Å². The Morgan fingerprint density at radius 3 is 1.80 bits per heavy atom. The molecule has 0 radical (unpaired) electrons. The first-order valence-electron chi connectivity index (χ1n) is 0.730. The van der Waals surface area contributed by atoms with Gasteiger partial charge in [0.2, 0.25) is 0 Å². The molecule has 1 N–H and O–H groups in total. The molecule has 0 aromatic heterocycles. The van der Waals surface area contributed by atoms with E-state index in [0.29, 0.717) is 0 Å². The molecule has 0 saturated carbocycles. The summed E-state index contributed by atoms with van der Waals surface area (Å²) in [5.41, 5.74) is 0. The van der Waals surface area contributed by atoms with Crippen LogP contribution >= 0.6 is 0 Å². The summed E-state index contributed by atoms with van der Waals surface area (Å²) >= 11 is -4.08. The molecule has 0 aromatic rings. The Morgan fingerprint density at radius 2 is 1.80 bits per heavy atom. The Morgan fingerprint density at radius 1 is 1.60 bits per heavy atom. The minimum absolute atomic E-state index is 2.84. The molecule has 30 valence electrons. The molecule has 0 aliphatic rings. The summed E-state index contributed by atoms with van der Waals surface area (Å²) in [7, 11) is 0. The summed E-state index contributed by atoms with van der Waals surface area (Å²) in [6.07, 6.45) is 0. The van der Waals surface area contributed by atoms with Crippen LogP contribution in [0.4, 0.5) is 0 Å². The first-order chi connectivity index (χ1) is 2.27. The Bertz CT molecular complexity index is 61.7. The van der Waals surface area contributed by atoms with Gasteiger partial charge in [0.15, 0.2) is 0 Å². The van der Waals surface area contributed by atoms with E-state index in [4.69, 9.17) is 10.9 Å². The van der Waals surface area contributed by atoms with E-state index in [2.05, 4.69) is 2.96 Å². The first-order valence-corrected chi connectivity index (χ1v) is 4.99. The van der Waals surface area contributed by atoms with Gasteiger partial charge in [-0.1, -0.05) is 0 Å². The monoisotopic (exact) mass is 274 g/mol. The van der Waals surface area contributed by atoms with E-state index >= 15 is 0 Å². The van der Waals surface area contributed by atoms with Crippen LogP contribution in [-0.2, 0) is 8.59 Å². The zero-order valence-electron chi connectivity index (χ0n) is 2.12. The van der Waals surface area contributed by atoms with Crippen LogP contribution < -0.4 is 0 Å². The average Bonchev–Trinajstić information content (AvgIpc) is 1.38. The number of hydrogen-bond donors (Lipinski definition) is 1. The molecule has 0 amide bonds. The Balaban J connectivity index is 3.23. The second-order valence-corrected chi connectivity index (χ2v) is 2.68. The average molecular weight is 274 g/mol. The van der Waals surface area contributed by atoms with E-state index in [1.165, 1.54) is 0 Å². The van der Waals surface area contributed by atoms with Gasteiger partial charge >= 0.3 is 36.0 Å². The van der Waals surface area contributed by atoms with Gasteiger partial charge in [-0.3, -0.25) is 0 Å². The third-order valence-electron chi connectivity index (χ3n) is 0.0667. The number of rotatable bonds is 1. The fourth-order valence-electron chi connectivity index (χ4n) is 0. The molecule has 0 atom stereocenters. The molecule has 0 aromatic carbocycles. The zero-order valence-corrected chi connectivity index (χ0v) is 5.60. The van der Waals surface area contributed by atoms with Crippen molar-refractivity contribution in [3.05, 3.63) is 0 Å². The molecule has 0 rings (SSSR count). The summed E-state index contributed by atoms with van der Waals surface area (Å²) in [5, 5.41) is 7.11. The predicted molar refractivity (Wildman–Crippen MR) is 10.8 cm³/mol. The fraction of sp³-hybridized carbons (Fsp3) is 0. The van der Waals surface area contributed by atoms with Gasteiger partial charge in [-0.05, 0) is 0 Å². The van der Waals surface area contributed by atoms with Crippen molar-refractivity contribution < 1.29 is 13.8 Å². The van der Waals surface area contributed by atoms with Gasteiger partial charge in [-0.2, -0.15) is 0 Å². The van der Waals surface area contributed by atoms with E-state index in [-0.39, 0.29) is 0 Å². The maximum atomic E-state index is 9.07. The summed E-state index contributed by atoms with van der Waals surface area (Å²) in [6, 6.07) is 0. The molecule has 0 heterocycles. The third-order valence-corrected chi connectivity index (χ3v) is 0.585. The standard InChI is InChI=1S/Bi.H2O2.2O/c;1-2;;/h;1-2H;;/q+1;;;/p-1. The van der Waals surface area contributed by atoms with E-state index < -0.39 is 22.2 Å². The molecular weight excluding hydrogens is 273 g/mol. The normalized spacial score (nSPS) is 7.40. The van der Waals surface area contributed by atoms with Crippen molar-refractivity contribution in [1.82, 2.24) is 0 Å². The second-order valence-electron chi connectivity index (χ2n) is 0.305. The van der Waals surface area contributed by atoms with E-state index in [1.807, 2.05) is 0 Å². The topological polar surface area (TPSA) is 63.6 Å². The molecule has 0 spiro atoms. The Hall–Kier alpha value is 0.403. The van der Waals surface area contributed by atoms with Gasteiger partial charge < -0.3 is 0 Å². The molecule has 0 saturated heterocycles. The molecule has 0 unspecified atom stereocenters. The van der Waals surface area contributed by atoms with Gasteiger partial charge in [0, 0.05) is 0 Å². The van der Waals surface area contributed by atoms with Crippen LogP contribution in [0.5, 0.6) is 0 Å². The first kappa shape index (κ1) is 5.40. The Labute approximate surface area is 36.5 Å². The van der Waals surface area contributed by atoms with Gasteiger partial charge in [0.1, 0.15) is 0 Å². The van der Waals surface area contributed by atoms with Crippen molar-refractivity contribution in [2.45, 2.75) is 0 Å². The summed E-state index contributed by atoms with van der Waals surface area (Å²) < 4.78 is 21.0. The van der Waals surface area contributed by atoms with Crippen LogP contribution in [0.1, 0.15) is 0 Å². The van der Waals surface area contributed by atoms with E-state index in [1.54, 1.807) is 0 Å². The van der Waals surface area contributed by atoms with Crippen molar-refractivity contribution >= 4 is 22.2 Å².